The molecule has 26 heavy (non-hydrogen) atoms. The second-order valence-electron chi connectivity index (χ2n) is 6.69. The van der Waals surface area contributed by atoms with E-state index in [-0.39, 0.29) is 11.8 Å². The van der Waals surface area contributed by atoms with E-state index in [9.17, 15) is 9.59 Å². The van der Waals surface area contributed by atoms with Crippen molar-refractivity contribution in [1.29, 1.82) is 0 Å². The van der Waals surface area contributed by atoms with E-state index in [1.54, 1.807) is 24.5 Å². The minimum Gasteiger partial charge on any atom is -0.464 e. The van der Waals surface area contributed by atoms with Gasteiger partial charge < -0.3 is 10.1 Å². The Bertz CT molecular complexity index is 712. The highest BCUT2D eigenvalue weighted by Crippen LogP contribution is 2.09. The third-order valence-corrected chi connectivity index (χ3v) is 4.12. The zero-order chi connectivity index (χ0) is 18.9. The van der Waals surface area contributed by atoms with E-state index >= 15 is 0 Å². The maximum Gasteiger partial charge on any atom is 0.328 e. The second kappa shape index (κ2) is 9.70. The summed E-state index contributed by atoms with van der Waals surface area (Å²) in [6.45, 7) is 6.06. The van der Waals surface area contributed by atoms with Crippen LogP contribution in [0.25, 0.3) is 0 Å². The lowest BCUT2D eigenvalue weighted by atomic mass is 10.0. The second-order valence-corrected chi connectivity index (χ2v) is 6.69. The molecule has 2 rings (SSSR count). The zero-order valence-corrected chi connectivity index (χ0v) is 15.6. The lowest BCUT2D eigenvalue weighted by molar-refractivity contribution is -0.147. The molecule has 5 nitrogen and oxygen atoms in total. The third-order valence-electron chi connectivity index (χ3n) is 4.12. The van der Waals surface area contributed by atoms with Gasteiger partial charge >= 0.3 is 5.97 Å². The Labute approximate surface area is 154 Å². The fraction of sp³-hybridized carbons (Fsp3) is 0.381. The molecule has 1 aromatic carbocycles. The molecule has 5 heteroatoms. The average Bonchev–Trinajstić information content (AvgIpc) is 2.64. The van der Waals surface area contributed by atoms with Gasteiger partial charge in [-0.25, -0.2) is 4.79 Å². The molecule has 0 radical (unpaired) electrons. The predicted molar refractivity (Wildman–Crippen MR) is 101 cm³/mol. The lowest BCUT2D eigenvalue weighted by Crippen LogP contribution is -2.45. The monoisotopic (exact) mass is 354 g/mol. The Balaban J connectivity index is 1.84. The van der Waals surface area contributed by atoms with Gasteiger partial charge in [-0.1, -0.05) is 31.5 Å². The molecule has 0 saturated heterocycles. The van der Waals surface area contributed by atoms with Crippen LogP contribution in [0.1, 0.15) is 41.8 Å². The number of nitrogens with one attached hydrogen (secondary N) is 1. The van der Waals surface area contributed by atoms with Crippen LogP contribution in [0.15, 0.2) is 48.8 Å². The summed E-state index contributed by atoms with van der Waals surface area (Å²) in [7, 11) is 0. The van der Waals surface area contributed by atoms with Crippen LogP contribution in [0.5, 0.6) is 0 Å². The topological polar surface area (TPSA) is 68.3 Å². The maximum absolute atomic E-state index is 12.4. The number of esters is 1. The highest BCUT2D eigenvalue weighted by molar-refractivity contribution is 5.96. The van der Waals surface area contributed by atoms with Crippen LogP contribution in [-0.2, 0) is 16.0 Å². The van der Waals surface area contributed by atoms with Crippen molar-refractivity contribution in [2.45, 2.75) is 39.7 Å². The SMILES string of the molecule is Cc1ccc(C(=O)NC(C(=O)OCCCc2ccncc2)C(C)C)cc1. The molecule has 0 bridgehead atoms. The molecule has 0 aliphatic heterocycles. The van der Waals surface area contributed by atoms with Crippen LogP contribution in [0.2, 0.25) is 0 Å². The highest BCUT2D eigenvalue weighted by Gasteiger charge is 2.26. The molecule has 1 amide bonds. The van der Waals surface area contributed by atoms with E-state index in [1.807, 2.05) is 45.0 Å². The van der Waals surface area contributed by atoms with Crippen LogP contribution in [0.4, 0.5) is 0 Å². The molecule has 138 valence electrons. The number of hydrogen-bond donors (Lipinski definition) is 1. The minimum atomic E-state index is -0.662. The molecule has 1 N–H and O–H groups in total. The van der Waals surface area contributed by atoms with Crippen molar-refractivity contribution in [3.05, 3.63) is 65.5 Å². The zero-order valence-electron chi connectivity index (χ0n) is 15.6. The van der Waals surface area contributed by atoms with Crippen molar-refractivity contribution in [2.75, 3.05) is 6.61 Å². The third kappa shape index (κ3) is 5.99. The normalized spacial score (nSPS) is 11.8. The Morgan fingerprint density at radius 3 is 2.35 bits per heavy atom. The van der Waals surface area contributed by atoms with Crippen molar-refractivity contribution in [2.24, 2.45) is 5.92 Å². The Morgan fingerprint density at radius 2 is 1.73 bits per heavy atom. The summed E-state index contributed by atoms with van der Waals surface area (Å²) < 4.78 is 5.37. The van der Waals surface area contributed by atoms with Crippen LogP contribution < -0.4 is 5.32 Å². The smallest absolute Gasteiger partial charge is 0.328 e. The number of carbonyl (C=O) groups excluding carboxylic acids is 2. The number of aryl methyl sites for hydroxylation is 2. The van der Waals surface area contributed by atoms with Gasteiger partial charge in [0.05, 0.1) is 6.61 Å². The minimum absolute atomic E-state index is 0.0582. The van der Waals surface area contributed by atoms with Crippen LogP contribution in [0, 0.1) is 12.8 Å². The van der Waals surface area contributed by atoms with Crippen LogP contribution in [-0.4, -0.2) is 29.5 Å². The lowest BCUT2D eigenvalue weighted by Gasteiger charge is -2.21. The van der Waals surface area contributed by atoms with E-state index in [0.29, 0.717) is 12.2 Å². The van der Waals surface area contributed by atoms with Crippen molar-refractivity contribution in [1.82, 2.24) is 10.3 Å². The number of hydrogen-bond acceptors (Lipinski definition) is 4. The Kier molecular flexibility index (Phi) is 7.33. The number of ether oxygens (including phenoxy) is 1. The van der Waals surface area contributed by atoms with E-state index in [2.05, 4.69) is 10.3 Å². The molecule has 0 aliphatic rings. The summed E-state index contributed by atoms with van der Waals surface area (Å²) in [6.07, 6.45) is 5.04. The molecule has 0 spiro atoms. The number of rotatable bonds is 8. The first-order valence-corrected chi connectivity index (χ1v) is 8.90. The van der Waals surface area contributed by atoms with Crippen LogP contribution in [0.3, 0.4) is 0 Å². The first-order valence-electron chi connectivity index (χ1n) is 8.90. The molecule has 1 unspecified atom stereocenters. The Hall–Kier alpha value is -2.69. The largest absolute Gasteiger partial charge is 0.464 e. The number of amides is 1. The van der Waals surface area contributed by atoms with E-state index in [4.69, 9.17) is 4.74 Å². The predicted octanol–water partition coefficient (Wildman–Crippen LogP) is 3.32. The van der Waals surface area contributed by atoms with Gasteiger partial charge in [0.15, 0.2) is 0 Å². The quantitative estimate of drug-likeness (QED) is 0.583. The summed E-state index contributed by atoms with van der Waals surface area (Å²) in [4.78, 5) is 28.7. The fourth-order valence-electron chi connectivity index (χ4n) is 2.52. The van der Waals surface area contributed by atoms with Crippen molar-refractivity contribution < 1.29 is 14.3 Å². The first-order chi connectivity index (χ1) is 12.5. The molecule has 1 atom stereocenters. The van der Waals surface area contributed by atoms with Gasteiger partial charge in [0.25, 0.3) is 5.91 Å². The number of nitrogens with zero attached hydrogens (tertiary/aromatic N) is 1. The van der Waals surface area contributed by atoms with Crippen LogP contribution >= 0.6 is 0 Å². The number of carbonyl (C=O) groups is 2. The average molecular weight is 354 g/mol. The summed E-state index contributed by atoms with van der Waals surface area (Å²) >= 11 is 0. The molecule has 2 aromatic rings. The first kappa shape index (κ1) is 19.6. The number of pyridine rings is 1. The standard InChI is InChI=1S/C21H26N2O3/c1-15(2)19(23-20(24)18-8-6-16(3)7-9-18)21(25)26-14-4-5-17-10-12-22-13-11-17/h6-13,15,19H,4-5,14H2,1-3H3,(H,23,24). The Morgan fingerprint density at radius 1 is 1.08 bits per heavy atom. The number of benzene rings is 1. The fourth-order valence-corrected chi connectivity index (χ4v) is 2.52. The van der Waals surface area contributed by atoms with Gasteiger partial charge in [-0.15, -0.1) is 0 Å². The van der Waals surface area contributed by atoms with Crippen molar-refractivity contribution in [3.63, 3.8) is 0 Å². The summed E-state index contributed by atoms with van der Waals surface area (Å²) in [5.41, 5.74) is 2.77. The van der Waals surface area contributed by atoms with Crippen molar-refractivity contribution in [3.8, 4) is 0 Å². The van der Waals surface area contributed by atoms with Gasteiger partial charge in [-0.2, -0.15) is 0 Å². The summed E-state index contributed by atoms with van der Waals surface area (Å²) in [5, 5.41) is 2.79. The molecule has 0 saturated carbocycles. The van der Waals surface area contributed by atoms with E-state index in [1.165, 1.54) is 0 Å². The molecule has 1 heterocycles. The van der Waals surface area contributed by atoms with E-state index in [0.717, 1.165) is 24.0 Å². The maximum atomic E-state index is 12.4. The van der Waals surface area contributed by atoms with Gasteiger partial charge in [-0.3, -0.25) is 9.78 Å². The molecule has 0 aliphatic carbocycles. The van der Waals surface area contributed by atoms with Crippen molar-refractivity contribution >= 4 is 11.9 Å². The molecular weight excluding hydrogens is 328 g/mol. The van der Waals surface area contributed by atoms with E-state index < -0.39 is 12.0 Å². The molecular formula is C21H26N2O3. The molecule has 0 fully saturated rings. The molecule has 1 aromatic heterocycles. The van der Waals surface area contributed by atoms with Gasteiger partial charge in [0.1, 0.15) is 6.04 Å². The van der Waals surface area contributed by atoms with Gasteiger partial charge in [0.2, 0.25) is 0 Å². The number of aromatic nitrogens is 1. The summed E-state index contributed by atoms with van der Waals surface area (Å²) in [6, 6.07) is 10.5. The van der Waals surface area contributed by atoms with Gasteiger partial charge in [-0.05, 0) is 55.5 Å². The van der Waals surface area contributed by atoms with Gasteiger partial charge in [0, 0.05) is 18.0 Å². The highest BCUT2D eigenvalue weighted by atomic mass is 16.5. The summed E-state index contributed by atoms with van der Waals surface area (Å²) in [5.74, 6) is -0.718.